The number of benzene rings is 1. The highest BCUT2D eigenvalue weighted by molar-refractivity contribution is 5.94. The van der Waals surface area contributed by atoms with E-state index in [1.165, 1.54) is 23.5 Å². The van der Waals surface area contributed by atoms with E-state index in [-0.39, 0.29) is 23.9 Å². The lowest BCUT2D eigenvalue weighted by Gasteiger charge is -2.31. The maximum atomic E-state index is 15.2. The smallest absolute Gasteiger partial charge is 0.266 e. The second-order valence-electron chi connectivity index (χ2n) is 9.49. The average molecular weight is 510 g/mol. The highest BCUT2D eigenvalue weighted by atomic mass is 19.1. The highest BCUT2D eigenvalue weighted by Gasteiger charge is 2.26. The minimum atomic E-state index is -0.531. The van der Waals surface area contributed by atoms with Crippen LogP contribution in [-0.4, -0.2) is 72.7 Å². The molecule has 4 heterocycles. The average Bonchev–Trinajstić information content (AvgIpc) is 3.50. The van der Waals surface area contributed by atoms with Crippen molar-refractivity contribution in [2.75, 3.05) is 32.1 Å². The van der Waals surface area contributed by atoms with Gasteiger partial charge in [0.05, 0.1) is 17.6 Å². The zero-order chi connectivity index (χ0) is 26.1. The first-order chi connectivity index (χ1) is 17.9. The number of nitrogens with zero attached hydrogens (tertiary/aromatic N) is 9. The fraction of sp³-hybridized carbons (Fsp3) is 0.440. The van der Waals surface area contributed by atoms with E-state index in [9.17, 15) is 9.18 Å². The third kappa shape index (κ3) is 4.87. The Labute approximate surface area is 212 Å². The lowest BCUT2D eigenvalue weighted by molar-refractivity contribution is 0.0827. The number of amides is 1. The molecule has 0 N–H and O–H groups in total. The van der Waals surface area contributed by atoms with E-state index >= 15 is 4.39 Å². The number of fused-ring (bicyclic) bond motifs is 1. The molecule has 1 aromatic carbocycles. The quantitative estimate of drug-likeness (QED) is 0.377. The van der Waals surface area contributed by atoms with Crippen LogP contribution >= 0.6 is 0 Å². The van der Waals surface area contributed by atoms with Gasteiger partial charge in [-0.15, -0.1) is 5.10 Å². The molecule has 0 aliphatic carbocycles. The first-order valence-corrected chi connectivity index (χ1v) is 12.4. The summed E-state index contributed by atoms with van der Waals surface area (Å²) in [6.07, 6.45) is 5.40. The largest absolute Gasteiger partial charge is 0.345 e. The SMILES string of the molecule is CCCn1nnc(N2CCC(n3cc(F)c4c(Cc5ccc(C(=O)N(C)C)cc5F)ncnc43)CC2)n1. The molecule has 1 aliphatic heterocycles. The van der Waals surface area contributed by atoms with E-state index < -0.39 is 11.6 Å². The van der Waals surface area contributed by atoms with Crippen molar-refractivity contribution in [1.82, 2.24) is 39.6 Å². The van der Waals surface area contributed by atoms with Crippen LogP contribution in [0.25, 0.3) is 11.0 Å². The van der Waals surface area contributed by atoms with E-state index in [1.807, 2.05) is 4.57 Å². The van der Waals surface area contributed by atoms with Gasteiger partial charge in [0.1, 0.15) is 17.8 Å². The second kappa shape index (κ2) is 10.2. The van der Waals surface area contributed by atoms with Crippen LogP contribution in [0, 0.1) is 11.6 Å². The molecule has 4 aromatic rings. The summed E-state index contributed by atoms with van der Waals surface area (Å²) in [5.74, 6) is -0.640. The standard InChI is InChI=1S/C25H29F2N9O/c1-4-9-36-31-25(30-32-36)34-10-7-18(8-11-34)35-14-20(27)22-21(28-15-29-23(22)35)13-16-5-6-17(12-19(16)26)24(37)33(2)3/h5-6,12,14-15,18H,4,7-11,13H2,1-3H3. The molecule has 0 saturated carbocycles. The predicted octanol–water partition coefficient (Wildman–Crippen LogP) is 3.24. The van der Waals surface area contributed by atoms with Crippen LogP contribution < -0.4 is 4.90 Å². The Hall–Kier alpha value is -3.96. The van der Waals surface area contributed by atoms with Crippen LogP contribution in [0.15, 0.2) is 30.7 Å². The summed E-state index contributed by atoms with van der Waals surface area (Å²) in [4.78, 5) is 25.9. The van der Waals surface area contributed by atoms with E-state index in [1.54, 1.807) is 31.0 Å². The van der Waals surface area contributed by atoms with Gasteiger partial charge in [-0.05, 0) is 42.2 Å². The summed E-state index contributed by atoms with van der Waals surface area (Å²) in [6, 6.07) is 4.38. The van der Waals surface area contributed by atoms with Crippen LogP contribution in [0.1, 0.15) is 53.8 Å². The van der Waals surface area contributed by atoms with Gasteiger partial charge in [-0.2, -0.15) is 4.80 Å². The molecule has 1 amide bonds. The number of hydrogen-bond donors (Lipinski definition) is 0. The van der Waals surface area contributed by atoms with Crippen molar-refractivity contribution in [1.29, 1.82) is 0 Å². The van der Waals surface area contributed by atoms with Gasteiger partial charge in [0.25, 0.3) is 11.9 Å². The molecule has 0 unspecified atom stereocenters. The molecular formula is C25H29F2N9O. The minimum Gasteiger partial charge on any atom is -0.345 e. The van der Waals surface area contributed by atoms with Gasteiger partial charge in [0.2, 0.25) is 0 Å². The summed E-state index contributed by atoms with van der Waals surface area (Å²) < 4.78 is 31.9. The van der Waals surface area contributed by atoms with E-state index in [4.69, 9.17) is 0 Å². The topological polar surface area (TPSA) is 97.9 Å². The van der Waals surface area contributed by atoms with Crippen molar-refractivity contribution in [3.8, 4) is 0 Å². The summed E-state index contributed by atoms with van der Waals surface area (Å²) >= 11 is 0. The molecule has 0 radical (unpaired) electrons. The van der Waals surface area contributed by atoms with E-state index in [2.05, 4.69) is 37.2 Å². The van der Waals surface area contributed by atoms with Crippen LogP contribution in [0.4, 0.5) is 14.7 Å². The Kier molecular flexibility index (Phi) is 6.81. The van der Waals surface area contributed by atoms with Gasteiger partial charge in [0.15, 0.2) is 5.82 Å². The van der Waals surface area contributed by atoms with Gasteiger partial charge in [-0.25, -0.2) is 18.7 Å². The maximum Gasteiger partial charge on any atom is 0.266 e. The Balaban J connectivity index is 1.35. The van der Waals surface area contributed by atoms with Gasteiger partial charge in [0, 0.05) is 51.4 Å². The lowest BCUT2D eigenvalue weighted by Crippen LogP contribution is -2.35. The van der Waals surface area contributed by atoms with Crippen LogP contribution in [0.5, 0.6) is 0 Å². The molecule has 10 nitrogen and oxygen atoms in total. The molecule has 12 heteroatoms. The number of rotatable bonds is 7. The summed E-state index contributed by atoms with van der Waals surface area (Å²) in [6.45, 7) is 4.21. The zero-order valence-corrected chi connectivity index (χ0v) is 21.1. The fourth-order valence-corrected chi connectivity index (χ4v) is 4.77. The molecule has 194 valence electrons. The fourth-order valence-electron chi connectivity index (χ4n) is 4.77. The number of piperidine rings is 1. The molecule has 3 aromatic heterocycles. The highest BCUT2D eigenvalue weighted by Crippen LogP contribution is 2.31. The molecule has 0 spiro atoms. The Bertz CT molecular complexity index is 1420. The number of tetrazole rings is 1. The molecule has 1 aliphatic rings. The van der Waals surface area contributed by atoms with Crippen molar-refractivity contribution >= 4 is 22.9 Å². The summed E-state index contributed by atoms with van der Waals surface area (Å²) in [5, 5.41) is 13.0. The molecular weight excluding hydrogens is 480 g/mol. The maximum absolute atomic E-state index is 15.2. The van der Waals surface area contributed by atoms with E-state index in [0.29, 0.717) is 41.3 Å². The molecule has 1 fully saturated rings. The number of halogens is 2. The number of carbonyl (C=O) groups is 1. The number of aromatic nitrogens is 7. The van der Waals surface area contributed by atoms with Crippen molar-refractivity contribution in [3.63, 3.8) is 0 Å². The first kappa shape index (κ1) is 24.7. The van der Waals surface area contributed by atoms with Gasteiger partial charge >= 0.3 is 0 Å². The van der Waals surface area contributed by atoms with Crippen molar-refractivity contribution in [3.05, 3.63) is 59.2 Å². The van der Waals surface area contributed by atoms with E-state index in [0.717, 1.165) is 25.8 Å². The van der Waals surface area contributed by atoms with Gasteiger partial charge in [-0.1, -0.05) is 18.1 Å². The molecule has 1 saturated heterocycles. The molecule has 0 atom stereocenters. The zero-order valence-electron chi connectivity index (χ0n) is 21.1. The Morgan fingerprint density at radius 3 is 2.62 bits per heavy atom. The Morgan fingerprint density at radius 2 is 1.92 bits per heavy atom. The monoisotopic (exact) mass is 509 g/mol. The van der Waals surface area contributed by atoms with Gasteiger partial charge < -0.3 is 14.4 Å². The van der Waals surface area contributed by atoms with Crippen molar-refractivity contribution < 1.29 is 13.6 Å². The molecule has 0 bridgehead atoms. The minimum absolute atomic E-state index is 0.0461. The Morgan fingerprint density at radius 1 is 1.14 bits per heavy atom. The number of hydrogen-bond acceptors (Lipinski definition) is 7. The normalized spacial score (nSPS) is 14.5. The van der Waals surface area contributed by atoms with Crippen molar-refractivity contribution in [2.45, 2.75) is 45.2 Å². The van der Waals surface area contributed by atoms with Crippen LogP contribution in [0.2, 0.25) is 0 Å². The predicted molar refractivity (Wildman–Crippen MR) is 133 cm³/mol. The van der Waals surface area contributed by atoms with Crippen LogP contribution in [-0.2, 0) is 13.0 Å². The summed E-state index contributed by atoms with van der Waals surface area (Å²) in [7, 11) is 3.22. The number of carbonyl (C=O) groups excluding carboxylic acids is 1. The number of anilines is 1. The van der Waals surface area contributed by atoms with Crippen LogP contribution in [0.3, 0.4) is 0 Å². The summed E-state index contributed by atoms with van der Waals surface area (Å²) in [5.41, 5.74) is 1.49. The third-order valence-electron chi connectivity index (χ3n) is 6.71. The lowest BCUT2D eigenvalue weighted by atomic mass is 10.0. The first-order valence-electron chi connectivity index (χ1n) is 12.4. The molecule has 37 heavy (non-hydrogen) atoms. The second-order valence-corrected chi connectivity index (χ2v) is 9.49. The third-order valence-corrected chi connectivity index (χ3v) is 6.71. The number of aryl methyl sites for hydroxylation is 1. The molecule has 5 rings (SSSR count). The van der Waals surface area contributed by atoms with Gasteiger partial charge in [-0.3, -0.25) is 4.79 Å². The van der Waals surface area contributed by atoms with Crippen molar-refractivity contribution in [2.24, 2.45) is 0 Å².